The van der Waals surface area contributed by atoms with E-state index in [0.717, 1.165) is 25.7 Å². The van der Waals surface area contributed by atoms with Crippen LogP contribution in [0.2, 0.25) is 5.02 Å². The second kappa shape index (κ2) is 5.59. The van der Waals surface area contributed by atoms with Gasteiger partial charge in [0.05, 0.1) is 22.4 Å². The SMILES string of the molecule is O=C(O)c1ccc(Cl)c(NC2CCC(O)CC2)c1. The average molecular weight is 270 g/mol. The summed E-state index contributed by atoms with van der Waals surface area (Å²) in [6, 6.07) is 4.87. The van der Waals surface area contributed by atoms with Gasteiger partial charge in [-0.25, -0.2) is 4.79 Å². The van der Waals surface area contributed by atoms with Crippen molar-refractivity contribution in [3.05, 3.63) is 28.8 Å². The zero-order valence-electron chi connectivity index (χ0n) is 9.90. The van der Waals surface area contributed by atoms with Crippen LogP contribution in [0, 0.1) is 0 Å². The van der Waals surface area contributed by atoms with Crippen LogP contribution in [0.5, 0.6) is 0 Å². The average Bonchev–Trinajstić information content (AvgIpc) is 2.34. The topological polar surface area (TPSA) is 69.6 Å². The largest absolute Gasteiger partial charge is 0.478 e. The van der Waals surface area contributed by atoms with Gasteiger partial charge in [0.2, 0.25) is 0 Å². The van der Waals surface area contributed by atoms with Crippen LogP contribution in [-0.2, 0) is 0 Å². The van der Waals surface area contributed by atoms with Crippen LogP contribution in [0.25, 0.3) is 0 Å². The Bertz CT molecular complexity index is 442. The van der Waals surface area contributed by atoms with Crippen molar-refractivity contribution in [2.75, 3.05) is 5.32 Å². The molecule has 0 bridgehead atoms. The lowest BCUT2D eigenvalue weighted by molar-refractivity contribution is 0.0697. The first-order valence-corrected chi connectivity index (χ1v) is 6.41. The number of carboxylic acids is 1. The Kier molecular flexibility index (Phi) is 4.09. The lowest BCUT2D eigenvalue weighted by Gasteiger charge is -2.27. The number of aliphatic hydroxyl groups excluding tert-OH is 1. The molecule has 0 saturated heterocycles. The molecule has 0 heterocycles. The maximum Gasteiger partial charge on any atom is 0.335 e. The third-order valence-electron chi connectivity index (χ3n) is 3.27. The first kappa shape index (κ1) is 13.2. The van der Waals surface area contributed by atoms with E-state index in [1.165, 1.54) is 6.07 Å². The summed E-state index contributed by atoms with van der Waals surface area (Å²) in [6.45, 7) is 0. The number of halogens is 1. The molecule has 2 rings (SSSR count). The van der Waals surface area contributed by atoms with Gasteiger partial charge < -0.3 is 15.5 Å². The third kappa shape index (κ3) is 3.15. The number of aliphatic hydroxyl groups is 1. The summed E-state index contributed by atoms with van der Waals surface area (Å²) in [7, 11) is 0. The van der Waals surface area contributed by atoms with E-state index in [-0.39, 0.29) is 17.7 Å². The Hall–Kier alpha value is -1.26. The van der Waals surface area contributed by atoms with E-state index in [4.69, 9.17) is 16.7 Å². The molecular formula is C13H16ClNO3. The molecule has 0 spiro atoms. The van der Waals surface area contributed by atoms with Crippen LogP contribution in [0.4, 0.5) is 5.69 Å². The number of nitrogens with one attached hydrogen (secondary N) is 1. The van der Waals surface area contributed by atoms with Crippen molar-refractivity contribution in [2.24, 2.45) is 0 Å². The summed E-state index contributed by atoms with van der Waals surface area (Å²) < 4.78 is 0. The first-order valence-electron chi connectivity index (χ1n) is 6.03. The summed E-state index contributed by atoms with van der Waals surface area (Å²) in [6.07, 6.45) is 3.08. The van der Waals surface area contributed by atoms with Crippen molar-refractivity contribution < 1.29 is 15.0 Å². The minimum absolute atomic E-state index is 0.205. The number of benzene rings is 1. The standard InChI is InChI=1S/C13H16ClNO3/c14-11-6-1-8(13(17)18)7-12(11)15-9-2-4-10(16)5-3-9/h1,6-7,9-10,15-16H,2-5H2,(H,17,18). The molecule has 5 heteroatoms. The lowest BCUT2D eigenvalue weighted by atomic mass is 9.93. The summed E-state index contributed by atoms with van der Waals surface area (Å²) in [5.41, 5.74) is 0.871. The molecule has 0 radical (unpaired) electrons. The molecule has 18 heavy (non-hydrogen) atoms. The Morgan fingerprint density at radius 1 is 1.28 bits per heavy atom. The Labute approximate surface area is 111 Å². The van der Waals surface area contributed by atoms with E-state index >= 15 is 0 Å². The molecule has 0 unspecified atom stereocenters. The quantitative estimate of drug-likeness (QED) is 0.789. The summed E-state index contributed by atoms with van der Waals surface area (Å²) >= 11 is 6.04. The smallest absolute Gasteiger partial charge is 0.335 e. The second-order valence-corrected chi connectivity index (χ2v) is 5.06. The number of anilines is 1. The molecule has 0 amide bonds. The van der Waals surface area contributed by atoms with Crippen molar-refractivity contribution in [1.29, 1.82) is 0 Å². The zero-order valence-corrected chi connectivity index (χ0v) is 10.7. The number of rotatable bonds is 3. The van der Waals surface area contributed by atoms with Gasteiger partial charge in [-0.2, -0.15) is 0 Å². The lowest BCUT2D eigenvalue weighted by Crippen LogP contribution is -2.28. The Morgan fingerprint density at radius 2 is 1.94 bits per heavy atom. The fraction of sp³-hybridized carbons (Fsp3) is 0.462. The van der Waals surface area contributed by atoms with Gasteiger partial charge in [-0.05, 0) is 43.9 Å². The predicted molar refractivity (Wildman–Crippen MR) is 70.3 cm³/mol. The predicted octanol–water partition coefficient (Wildman–Crippen LogP) is 2.75. The molecule has 0 aliphatic heterocycles. The second-order valence-electron chi connectivity index (χ2n) is 4.65. The molecule has 1 fully saturated rings. The molecule has 1 aliphatic carbocycles. The maximum absolute atomic E-state index is 10.9. The molecule has 3 N–H and O–H groups in total. The van der Waals surface area contributed by atoms with Gasteiger partial charge in [-0.3, -0.25) is 0 Å². The van der Waals surface area contributed by atoms with Gasteiger partial charge in [0.25, 0.3) is 0 Å². The minimum Gasteiger partial charge on any atom is -0.478 e. The van der Waals surface area contributed by atoms with Crippen molar-refractivity contribution in [3.63, 3.8) is 0 Å². The molecule has 1 saturated carbocycles. The summed E-state index contributed by atoms with van der Waals surface area (Å²) in [5.74, 6) is -0.964. The zero-order chi connectivity index (χ0) is 13.1. The number of aromatic carboxylic acids is 1. The first-order chi connectivity index (χ1) is 8.56. The van der Waals surface area contributed by atoms with Crippen molar-refractivity contribution >= 4 is 23.3 Å². The van der Waals surface area contributed by atoms with Crippen LogP contribution in [0.15, 0.2) is 18.2 Å². The highest BCUT2D eigenvalue weighted by Crippen LogP contribution is 2.27. The summed E-state index contributed by atoms with van der Waals surface area (Å²) in [4.78, 5) is 10.9. The summed E-state index contributed by atoms with van der Waals surface area (Å²) in [5, 5.41) is 22.1. The van der Waals surface area contributed by atoms with E-state index in [1.807, 2.05) is 0 Å². The molecule has 0 aromatic heterocycles. The van der Waals surface area contributed by atoms with Crippen LogP contribution in [-0.4, -0.2) is 28.3 Å². The van der Waals surface area contributed by atoms with E-state index < -0.39 is 5.97 Å². The van der Waals surface area contributed by atoms with E-state index in [1.54, 1.807) is 12.1 Å². The highest BCUT2D eigenvalue weighted by molar-refractivity contribution is 6.33. The molecule has 98 valence electrons. The molecule has 1 aromatic carbocycles. The number of carboxylic acid groups (broad SMARTS) is 1. The van der Waals surface area contributed by atoms with Gasteiger partial charge in [0.1, 0.15) is 0 Å². The van der Waals surface area contributed by atoms with Crippen molar-refractivity contribution in [3.8, 4) is 0 Å². The Morgan fingerprint density at radius 3 is 2.56 bits per heavy atom. The Balaban J connectivity index is 2.08. The molecule has 0 atom stereocenters. The highest BCUT2D eigenvalue weighted by atomic mass is 35.5. The van der Waals surface area contributed by atoms with Gasteiger partial charge >= 0.3 is 5.97 Å². The van der Waals surface area contributed by atoms with Gasteiger partial charge in [0, 0.05) is 6.04 Å². The van der Waals surface area contributed by atoms with Gasteiger partial charge in [-0.1, -0.05) is 11.6 Å². The molecule has 1 aliphatic rings. The molecule has 4 nitrogen and oxygen atoms in total. The number of carbonyl (C=O) groups is 1. The number of hydrogen-bond acceptors (Lipinski definition) is 3. The van der Waals surface area contributed by atoms with Crippen LogP contribution in [0.1, 0.15) is 36.0 Å². The monoisotopic (exact) mass is 269 g/mol. The normalized spacial score (nSPS) is 23.7. The van der Waals surface area contributed by atoms with Crippen molar-refractivity contribution in [2.45, 2.75) is 37.8 Å². The maximum atomic E-state index is 10.9. The van der Waals surface area contributed by atoms with E-state index in [9.17, 15) is 9.90 Å². The van der Waals surface area contributed by atoms with Gasteiger partial charge in [-0.15, -0.1) is 0 Å². The van der Waals surface area contributed by atoms with Gasteiger partial charge in [0.15, 0.2) is 0 Å². The van der Waals surface area contributed by atoms with Crippen LogP contribution in [0.3, 0.4) is 0 Å². The fourth-order valence-corrected chi connectivity index (χ4v) is 2.38. The highest BCUT2D eigenvalue weighted by Gasteiger charge is 2.20. The minimum atomic E-state index is -0.964. The number of hydrogen-bond donors (Lipinski definition) is 3. The van der Waals surface area contributed by atoms with E-state index in [2.05, 4.69) is 5.32 Å². The fourth-order valence-electron chi connectivity index (χ4n) is 2.21. The van der Waals surface area contributed by atoms with Crippen LogP contribution < -0.4 is 5.32 Å². The molecule has 1 aromatic rings. The third-order valence-corrected chi connectivity index (χ3v) is 3.60. The van der Waals surface area contributed by atoms with Crippen molar-refractivity contribution in [1.82, 2.24) is 0 Å². The van der Waals surface area contributed by atoms with E-state index in [0.29, 0.717) is 10.7 Å². The molecular weight excluding hydrogens is 254 g/mol. The van der Waals surface area contributed by atoms with Crippen LogP contribution >= 0.6 is 11.6 Å².